The summed E-state index contributed by atoms with van der Waals surface area (Å²) < 4.78 is 11.3. The second-order valence-electron chi connectivity index (χ2n) is 5.65. The maximum absolute atomic E-state index is 10.1. The Kier molecular flexibility index (Phi) is 3.77. The van der Waals surface area contributed by atoms with E-state index >= 15 is 0 Å². The summed E-state index contributed by atoms with van der Waals surface area (Å²) in [5, 5.41) is 10.3. The molecular formula is C14H18ClN3O3. The molecule has 7 heteroatoms. The zero-order chi connectivity index (χ0) is 15.0. The first-order valence-electron chi connectivity index (χ1n) is 6.98. The number of fused-ring (bicyclic) bond motifs is 1. The number of anilines is 1. The molecule has 0 spiro atoms. The number of nitrogens with zero attached hydrogens (tertiary/aromatic N) is 3. The molecule has 2 aromatic heterocycles. The summed E-state index contributed by atoms with van der Waals surface area (Å²) in [5.41, 5.74) is 0.0810. The fourth-order valence-corrected chi connectivity index (χ4v) is 2.53. The molecule has 2 aromatic rings. The molecule has 0 atom stereocenters. The first kappa shape index (κ1) is 14.6. The molecule has 1 fully saturated rings. The maximum Gasteiger partial charge on any atom is 0.225 e. The number of furan rings is 1. The van der Waals surface area contributed by atoms with Crippen LogP contribution in [-0.2, 0) is 10.3 Å². The molecule has 0 saturated carbocycles. The molecule has 0 radical (unpaired) electrons. The highest BCUT2D eigenvalue weighted by molar-refractivity contribution is 6.28. The van der Waals surface area contributed by atoms with Gasteiger partial charge in [0.1, 0.15) is 16.9 Å². The molecule has 0 aliphatic carbocycles. The molecule has 1 aliphatic heterocycles. The van der Waals surface area contributed by atoms with Crippen LogP contribution in [0.15, 0.2) is 10.5 Å². The fraction of sp³-hybridized carbons (Fsp3) is 0.571. The molecule has 3 rings (SSSR count). The van der Waals surface area contributed by atoms with Crippen LogP contribution in [0.3, 0.4) is 0 Å². The Hall–Kier alpha value is -1.37. The Labute approximate surface area is 127 Å². The molecule has 0 bridgehead atoms. The lowest BCUT2D eigenvalue weighted by Gasteiger charge is -2.20. The first-order chi connectivity index (χ1) is 9.95. The van der Waals surface area contributed by atoms with Gasteiger partial charge in [0.25, 0.3) is 0 Å². The number of aromatic nitrogens is 2. The predicted octanol–water partition coefficient (Wildman–Crippen LogP) is 2.33. The highest BCUT2D eigenvalue weighted by Gasteiger charge is 2.25. The highest BCUT2D eigenvalue weighted by Crippen LogP contribution is 2.32. The number of halogens is 1. The summed E-state index contributed by atoms with van der Waals surface area (Å²) in [4.78, 5) is 10.6. The molecule has 0 aromatic carbocycles. The highest BCUT2D eigenvalue weighted by atomic mass is 35.5. The van der Waals surface area contributed by atoms with E-state index in [-0.39, 0.29) is 5.28 Å². The predicted molar refractivity (Wildman–Crippen MR) is 79.7 cm³/mol. The Morgan fingerprint density at radius 3 is 2.86 bits per heavy atom. The van der Waals surface area contributed by atoms with E-state index in [0.29, 0.717) is 29.3 Å². The van der Waals surface area contributed by atoms with Crippen molar-refractivity contribution in [2.75, 3.05) is 31.2 Å². The van der Waals surface area contributed by atoms with Crippen molar-refractivity contribution in [3.05, 3.63) is 17.1 Å². The van der Waals surface area contributed by atoms with Crippen molar-refractivity contribution in [2.24, 2.45) is 0 Å². The summed E-state index contributed by atoms with van der Waals surface area (Å²) in [6.07, 6.45) is 0.919. The molecule has 114 valence electrons. The van der Waals surface area contributed by atoms with Crippen LogP contribution in [0.2, 0.25) is 5.28 Å². The van der Waals surface area contributed by atoms with Gasteiger partial charge in [-0.1, -0.05) is 0 Å². The molecule has 0 unspecified atom stereocenters. The average molecular weight is 312 g/mol. The van der Waals surface area contributed by atoms with E-state index < -0.39 is 5.60 Å². The van der Waals surface area contributed by atoms with E-state index in [9.17, 15) is 5.11 Å². The van der Waals surface area contributed by atoms with E-state index in [4.69, 9.17) is 20.8 Å². The molecular weight excluding hydrogens is 294 g/mol. The molecule has 6 nitrogen and oxygen atoms in total. The van der Waals surface area contributed by atoms with E-state index in [1.165, 1.54) is 0 Å². The largest absolute Gasteiger partial charge is 0.452 e. The third-order valence-electron chi connectivity index (χ3n) is 3.45. The van der Waals surface area contributed by atoms with Crippen LogP contribution >= 0.6 is 11.6 Å². The first-order valence-corrected chi connectivity index (χ1v) is 7.35. The number of aliphatic hydroxyl groups is 1. The number of ether oxygens (including phenoxy) is 1. The van der Waals surface area contributed by atoms with Crippen molar-refractivity contribution in [1.29, 1.82) is 0 Å². The second kappa shape index (κ2) is 5.44. The summed E-state index contributed by atoms with van der Waals surface area (Å²) in [5.74, 6) is 1.10. The molecule has 3 heterocycles. The lowest BCUT2D eigenvalue weighted by Crippen LogP contribution is -2.27. The minimum absolute atomic E-state index is 0.172. The third-order valence-corrected chi connectivity index (χ3v) is 3.62. The summed E-state index contributed by atoms with van der Waals surface area (Å²) >= 11 is 6.02. The van der Waals surface area contributed by atoms with Crippen molar-refractivity contribution >= 4 is 28.5 Å². The van der Waals surface area contributed by atoms with Gasteiger partial charge in [0.15, 0.2) is 11.4 Å². The van der Waals surface area contributed by atoms with Crippen LogP contribution in [0.1, 0.15) is 26.0 Å². The minimum atomic E-state index is -1.08. The standard InChI is InChI=1S/C14H18ClN3O3/c1-14(2,19)10-8-9-11(21-10)12(17-13(15)16-9)18-4-3-6-20-7-5-18/h8,19H,3-7H2,1-2H3. The topological polar surface area (TPSA) is 71.6 Å². The zero-order valence-electron chi connectivity index (χ0n) is 12.1. The lowest BCUT2D eigenvalue weighted by atomic mass is 10.1. The van der Waals surface area contributed by atoms with Gasteiger partial charge in [0.2, 0.25) is 5.28 Å². The molecule has 1 aliphatic rings. The van der Waals surface area contributed by atoms with Crippen molar-refractivity contribution in [3.8, 4) is 0 Å². The van der Waals surface area contributed by atoms with Gasteiger partial charge in [-0.15, -0.1) is 0 Å². The van der Waals surface area contributed by atoms with Gasteiger partial charge in [-0.3, -0.25) is 0 Å². The molecule has 21 heavy (non-hydrogen) atoms. The van der Waals surface area contributed by atoms with Crippen LogP contribution in [0, 0.1) is 0 Å². The monoisotopic (exact) mass is 311 g/mol. The van der Waals surface area contributed by atoms with Crippen LogP contribution in [0.4, 0.5) is 5.82 Å². The lowest BCUT2D eigenvalue weighted by molar-refractivity contribution is 0.0559. The Bertz CT molecular complexity index is 643. The van der Waals surface area contributed by atoms with E-state index in [1.807, 2.05) is 0 Å². The van der Waals surface area contributed by atoms with Gasteiger partial charge in [-0.2, -0.15) is 4.98 Å². The Balaban J connectivity index is 2.10. The van der Waals surface area contributed by atoms with Crippen molar-refractivity contribution in [2.45, 2.75) is 25.9 Å². The van der Waals surface area contributed by atoms with Gasteiger partial charge in [-0.05, 0) is 31.9 Å². The minimum Gasteiger partial charge on any atom is -0.452 e. The van der Waals surface area contributed by atoms with Crippen molar-refractivity contribution < 1.29 is 14.3 Å². The summed E-state index contributed by atoms with van der Waals surface area (Å²) in [6, 6.07) is 1.71. The number of rotatable bonds is 2. The molecule has 0 amide bonds. The average Bonchev–Trinajstić information content (AvgIpc) is 2.66. The van der Waals surface area contributed by atoms with Gasteiger partial charge < -0.3 is 19.2 Å². The third kappa shape index (κ3) is 2.97. The number of hydrogen-bond donors (Lipinski definition) is 1. The van der Waals surface area contributed by atoms with Gasteiger partial charge in [-0.25, -0.2) is 4.98 Å². The summed E-state index contributed by atoms with van der Waals surface area (Å²) in [6.45, 7) is 6.26. The van der Waals surface area contributed by atoms with Crippen LogP contribution in [0.25, 0.3) is 11.1 Å². The quantitative estimate of drug-likeness (QED) is 0.858. The normalized spacial score (nSPS) is 17.2. The van der Waals surface area contributed by atoms with E-state index in [1.54, 1.807) is 19.9 Å². The van der Waals surface area contributed by atoms with Crippen LogP contribution in [-0.4, -0.2) is 41.4 Å². The SMILES string of the molecule is CC(C)(O)c1cc2nc(Cl)nc(N3CCCOCC3)c2o1. The van der Waals surface area contributed by atoms with E-state index in [0.717, 1.165) is 26.1 Å². The van der Waals surface area contributed by atoms with Crippen LogP contribution in [0.5, 0.6) is 0 Å². The Morgan fingerprint density at radius 1 is 1.29 bits per heavy atom. The number of hydrogen-bond acceptors (Lipinski definition) is 6. The maximum atomic E-state index is 10.1. The van der Waals surface area contributed by atoms with E-state index in [2.05, 4.69) is 14.9 Å². The van der Waals surface area contributed by atoms with Crippen molar-refractivity contribution in [1.82, 2.24) is 9.97 Å². The van der Waals surface area contributed by atoms with Crippen molar-refractivity contribution in [3.63, 3.8) is 0 Å². The fourth-order valence-electron chi connectivity index (χ4n) is 2.36. The van der Waals surface area contributed by atoms with Gasteiger partial charge in [0, 0.05) is 25.8 Å². The molecule has 1 saturated heterocycles. The van der Waals surface area contributed by atoms with Gasteiger partial charge >= 0.3 is 0 Å². The summed E-state index contributed by atoms with van der Waals surface area (Å²) in [7, 11) is 0. The second-order valence-corrected chi connectivity index (χ2v) is 5.99. The van der Waals surface area contributed by atoms with Crippen LogP contribution < -0.4 is 4.90 Å². The zero-order valence-corrected chi connectivity index (χ0v) is 12.9. The van der Waals surface area contributed by atoms with Gasteiger partial charge in [0.05, 0.1) is 6.61 Å². The smallest absolute Gasteiger partial charge is 0.225 e. The molecule has 1 N–H and O–H groups in total. The Morgan fingerprint density at radius 2 is 2.10 bits per heavy atom.